The fourth-order valence-electron chi connectivity index (χ4n) is 2.02. The van der Waals surface area contributed by atoms with Gasteiger partial charge in [0, 0.05) is 32.9 Å². The zero-order valence-corrected chi connectivity index (χ0v) is 10.0. The van der Waals surface area contributed by atoms with E-state index in [1.807, 2.05) is 11.9 Å². The highest BCUT2D eigenvalue weighted by molar-refractivity contribution is 5.92. The normalized spacial score (nSPS) is 19.8. The lowest BCUT2D eigenvalue weighted by atomic mass is 10.00. The lowest BCUT2D eigenvalue weighted by molar-refractivity contribution is 0.0472. The van der Waals surface area contributed by atoms with Gasteiger partial charge in [0.1, 0.15) is 5.69 Å². The number of hydrogen-bond acceptors (Lipinski definition) is 3. The topological polar surface area (TPSA) is 50.2 Å². The summed E-state index contributed by atoms with van der Waals surface area (Å²) >= 11 is 0. The Morgan fingerprint density at radius 1 is 1.56 bits per heavy atom. The molecule has 0 spiro atoms. The van der Waals surface area contributed by atoms with Gasteiger partial charge in [0.15, 0.2) is 0 Å². The van der Waals surface area contributed by atoms with Gasteiger partial charge in [-0.15, -0.1) is 0 Å². The fourth-order valence-corrected chi connectivity index (χ4v) is 2.02. The monoisotopic (exact) mass is 222 g/mol. The molecule has 1 amide bonds. The second-order valence-electron chi connectivity index (χ2n) is 4.87. The first-order chi connectivity index (χ1) is 7.50. The molecule has 1 saturated heterocycles. The summed E-state index contributed by atoms with van der Waals surface area (Å²) in [5, 5.41) is 3.30. The fraction of sp³-hybridized carbons (Fsp3) is 0.636. The largest absolute Gasteiger partial charge is 0.340 e. The Balaban J connectivity index is 2.20. The number of nitrogens with one attached hydrogen (secondary N) is 1. The molecule has 0 unspecified atom stereocenters. The molecule has 1 fully saturated rings. The summed E-state index contributed by atoms with van der Waals surface area (Å²) in [5.74, 6) is 0.0205. The maximum Gasteiger partial charge on any atom is 0.274 e. The lowest BCUT2D eigenvalue weighted by Gasteiger charge is -2.42. The quantitative estimate of drug-likeness (QED) is 0.740. The third-order valence-corrected chi connectivity index (χ3v) is 2.97. The van der Waals surface area contributed by atoms with Crippen LogP contribution in [0.15, 0.2) is 12.5 Å². The minimum absolute atomic E-state index is 0.0205. The van der Waals surface area contributed by atoms with Crippen LogP contribution in [-0.4, -0.2) is 45.5 Å². The molecule has 0 aromatic carbocycles. The van der Waals surface area contributed by atoms with E-state index >= 15 is 0 Å². The summed E-state index contributed by atoms with van der Waals surface area (Å²) in [6, 6.07) is 0. The highest BCUT2D eigenvalue weighted by atomic mass is 16.2. The Labute approximate surface area is 95.5 Å². The first kappa shape index (κ1) is 11.1. The van der Waals surface area contributed by atoms with E-state index < -0.39 is 0 Å². The van der Waals surface area contributed by atoms with Gasteiger partial charge in [0.25, 0.3) is 5.91 Å². The number of piperazine rings is 1. The van der Waals surface area contributed by atoms with E-state index in [1.165, 1.54) is 0 Å². The van der Waals surface area contributed by atoms with Gasteiger partial charge in [-0.2, -0.15) is 0 Å². The molecule has 1 N–H and O–H groups in total. The van der Waals surface area contributed by atoms with Gasteiger partial charge in [-0.3, -0.25) is 4.79 Å². The molecule has 5 heteroatoms. The molecule has 0 aliphatic carbocycles. The van der Waals surface area contributed by atoms with Gasteiger partial charge >= 0.3 is 0 Å². The van der Waals surface area contributed by atoms with Crippen molar-refractivity contribution in [3.63, 3.8) is 0 Å². The van der Waals surface area contributed by atoms with Crippen molar-refractivity contribution < 1.29 is 4.79 Å². The van der Waals surface area contributed by atoms with Crippen molar-refractivity contribution in [2.24, 2.45) is 7.05 Å². The van der Waals surface area contributed by atoms with Crippen molar-refractivity contribution in [3.8, 4) is 0 Å². The summed E-state index contributed by atoms with van der Waals surface area (Å²) in [6.07, 6.45) is 3.42. The summed E-state index contributed by atoms with van der Waals surface area (Å²) < 4.78 is 1.79. The summed E-state index contributed by atoms with van der Waals surface area (Å²) in [6.45, 7) is 6.55. The predicted molar refractivity (Wildman–Crippen MR) is 61.2 cm³/mol. The molecular weight excluding hydrogens is 204 g/mol. The minimum atomic E-state index is -0.146. The number of aromatic nitrogens is 2. The Bertz CT molecular complexity index is 396. The Kier molecular flexibility index (Phi) is 2.71. The molecule has 2 rings (SSSR count). The van der Waals surface area contributed by atoms with E-state index in [-0.39, 0.29) is 11.4 Å². The van der Waals surface area contributed by atoms with Gasteiger partial charge in [-0.25, -0.2) is 4.98 Å². The second-order valence-corrected chi connectivity index (χ2v) is 4.87. The molecule has 1 aromatic rings. The number of hydrogen-bond donors (Lipinski definition) is 1. The molecule has 88 valence electrons. The van der Waals surface area contributed by atoms with Crippen molar-refractivity contribution in [2.45, 2.75) is 19.4 Å². The van der Waals surface area contributed by atoms with Gasteiger partial charge in [-0.05, 0) is 13.8 Å². The summed E-state index contributed by atoms with van der Waals surface area (Å²) in [7, 11) is 1.87. The van der Waals surface area contributed by atoms with Crippen LogP contribution in [0, 0.1) is 0 Å². The maximum atomic E-state index is 12.3. The first-order valence-corrected chi connectivity index (χ1v) is 5.51. The van der Waals surface area contributed by atoms with Crippen molar-refractivity contribution in [3.05, 3.63) is 18.2 Å². The standard InChI is InChI=1S/C11H18N4O/c1-11(2)7-12-4-5-15(11)10(16)9-6-14(3)8-13-9/h6,8,12H,4-5,7H2,1-3H3. The van der Waals surface area contributed by atoms with E-state index in [1.54, 1.807) is 17.1 Å². The number of rotatable bonds is 1. The molecule has 16 heavy (non-hydrogen) atoms. The van der Waals surface area contributed by atoms with Gasteiger partial charge in [0.2, 0.25) is 0 Å². The van der Waals surface area contributed by atoms with Gasteiger partial charge < -0.3 is 14.8 Å². The van der Waals surface area contributed by atoms with Crippen LogP contribution < -0.4 is 5.32 Å². The molecule has 0 saturated carbocycles. The molecule has 0 bridgehead atoms. The molecule has 1 aromatic heterocycles. The maximum absolute atomic E-state index is 12.3. The smallest absolute Gasteiger partial charge is 0.274 e. The van der Waals surface area contributed by atoms with E-state index in [0.717, 1.165) is 19.6 Å². The predicted octanol–water partition coefficient (Wildman–Crippen LogP) is 0.244. The van der Waals surface area contributed by atoms with Crippen LogP contribution in [-0.2, 0) is 7.05 Å². The van der Waals surface area contributed by atoms with Crippen molar-refractivity contribution >= 4 is 5.91 Å². The number of aryl methyl sites for hydroxylation is 1. The van der Waals surface area contributed by atoms with E-state index in [2.05, 4.69) is 24.1 Å². The van der Waals surface area contributed by atoms with E-state index in [9.17, 15) is 4.79 Å². The SMILES string of the molecule is Cn1cnc(C(=O)N2CCNCC2(C)C)c1. The van der Waals surface area contributed by atoms with Gasteiger partial charge in [0.05, 0.1) is 11.9 Å². The molecular formula is C11H18N4O. The third kappa shape index (κ3) is 1.95. The number of carbonyl (C=O) groups excluding carboxylic acids is 1. The zero-order valence-electron chi connectivity index (χ0n) is 10.0. The van der Waals surface area contributed by atoms with Crippen LogP contribution in [0.1, 0.15) is 24.3 Å². The molecule has 2 heterocycles. The zero-order chi connectivity index (χ0) is 11.8. The average molecular weight is 222 g/mol. The number of amides is 1. The van der Waals surface area contributed by atoms with Crippen LogP contribution in [0.5, 0.6) is 0 Å². The van der Waals surface area contributed by atoms with Crippen molar-refractivity contribution in [1.82, 2.24) is 19.8 Å². The molecule has 0 atom stereocenters. The summed E-state index contributed by atoms with van der Waals surface area (Å²) in [5.41, 5.74) is 0.379. The second kappa shape index (κ2) is 3.90. The lowest BCUT2D eigenvalue weighted by Crippen LogP contribution is -2.59. The highest BCUT2D eigenvalue weighted by Gasteiger charge is 2.34. The minimum Gasteiger partial charge on any atom is -0.340 e. The van der Waals surface area contributed by atoms with E-state index in [0.29, 0.717) is 5.69 Å². The third-order valence-electron chi connectivity index (χ3n) is 2.97. The van der Waals surface area contributed by atoms with Crippen LogP contribution in [0.4, 0.5) is 0 Å². The number of nitrogens with zero attached hydrogens (tertiary/aromatic N) is 3. The molecule has 0 radical (unpaired) electrons. The van der Waals surface area contributed by atoms with Crippen molar-refractivity contribution in [2.75, 3.05) is 19.6 Å². The average Bonchev–Trinajstić information content (AvgIpc) is 2.63. The highest BCUT2D eigenvalue weighted by Crippen LogP contribution is 2.18. The van der Waals surface area contributed by atoms with E-state index in [4.69, 9.17) is 0 Å². The number of carbonyl (C=O) groups is 1. The molecule has 1 aliphatic rings. The molecule has 5 nitrogen and oxygen atoms in total. The Hall–Kier alpha value is -1.36. The van der Waals surface area contributed by atoms with Crippen LogP contribution >= 0.6 is 0 Å². The summed E-state index contributed by atoms with van der Waals surface area (Å²) in [4.78, 5) is 18.3. The van der Waals surface area contributed by atoms with Crippen LogP contribution in [0.3, 0.4) is 0 Å². The van der Waals surface area contributed by atoms with Crippen LogP contribution in [0.25, 0.3) is 0 Å². The Morgan fingerprint density at radius 3 is 2.88 bits per heavy atom. The van der Waals surface area contributed by atoms with Crippen molar-refractivity contribution in [1.29, 1.82) is 0 Å². The number of imidazole rings is 1. The molecule has 1 aliphatic heterocycles. The first-order valence-electron chi connectivity index (χ1n) is 5.51. The Morgan fingerprint density at radius 2 is 2.31 bits per heavy atom. The van der Waals surface area contributed by atoms with Crippen LogP contribution in [0.2, 0.25) is 0 Å². The van der Waals surface area contributed by atoms with Gasteiger partial charge in [-0.1, -0.05) is 0 Å².